The van der Waals surface area contributed by atoms with Crippen LogP contribution in [0.4, 0.5) is 5.69 Å². The molecule has 4 aromatic rings. The molecule has 29 heavy (non-hydrogen) atoms. The molecule has 1 aliphatic heterocycles. The van der Waals surface area contributed by atoms with Gasteiger partial charge in [0.15, 0.2) is 0 Å². The van der Waals surface area contributed by atoms with Crippen LogP contribution < -0.4 is 4.90 Å². The minimum atomic E-state index is 0.0814. The second-order valence-corrected chi connectivity index (χ2v) is 7.50. The normalized spacial score (nSPS) is 15.1. The minimum Gasteiger partial charge on any atom is -0.392 e. The summed E-state index contributed by atoms with van der Waals surface area (Å²) in [7, 11) is 0. The van der Waals surface area contributed by atoms with E-state index in [1.54, 1.807) is 0 Å². The fourth-order valence-electron chi connectivity index (χ4n) is 4.01. The predicted molar refractivity (Wildman–Crippen MR) is 114 cm³/mol. The van der Waals surface area contributed by atoms with Crippen LogP contribution in [0.25, 0.3) is 22.3 Å². The van der Waals surface area contributed by atoms with Crippen LogP contribution in [-0.2, 0) is 6.61 Å². The predicted octanol–water partition coefficient (Wildman–Crippen LogP) is 3.83. The first-order valence-corrected chi connectivity index (χ1v) is 10.0. The zero-order chi connectivity index (χ0) is 19.6. The van der Waals surface area contributed by atoms with Crippen molar-refractivity contribution in [3.8, 4) is 11.3 Å². The average molecular weight is 385 g/mol. The monoisotopic (exact) mass is 385 g/mol. The Morgan fingerprint density at radius 2 is 1.79 bits per heavy atom. The molecular weight excluding hydrogens is 362 g/mol. The molecule has 1 fully saturated rings. The summed E-state index contributed by atoms with van der Waals surface area (Å²) < 4.78 is 2.08. The van der Waals surface area contributed by atoms with E-state index in [0.29, 0.717) is 6.04 Å². The maximum Gasteiger partial charge on any atom is 0.0924 e. The first-order chi connectivity index (χ1) is 14.3. The number of anilines is 1. The molecule has 1 aliphatic rings. The third-order valence-corrected chi connectivity index (χ3v) is 5.64. The van der Waals surface area contributed by atoms with Gasteiger partial charge in [0, 0.05) is 30.5 Å². The lowest BCUT2D eigenvalue weighted by molar-refractivity contribution is 0.282. The Balaban J connectivity index is 1.30. The molecule has 146 valence electrons. The number of hydrogen-bond acceptors (Lipinski definition) is 5. The molecule has 6 heteroatoms. The maximum absolute atomic E-state index is 9.37. The number of para-hydroxylation sites is 2. The Bertz CT molecular complexity index is 1130. The summed E-state index contributed by atoms with van der Waals surface area (Å²) in [6.45, 7) is 2.03. The number of aliphatic hydroxyl groups is 1. The summed E-state index contributed by atoms with van der Waals surface area (Å²) in [4.78, 5) is 11.6. The van der Waals surface area contributed by atoms with Crippen LogP contribution >= 0.6 is 0 Å². The lowest BCUT2D eigenvalue weighted by atomic mass is 10.0. The van der Waals surface area contributed by atoms with Gasteiger partial charge in [-0.2, -0.15) is 5.10 Å². The fraction of sp³-hybridized carbons (Fsp3) is 0.261. The van der Waals surface area contributed by atoms with E-state index in [4.69, 9.17) is 4.98 Å². The topological polar surface area (TPSA) is 67.1 Å². The minimum absolute atomic E-state index is 0.0814. The summed E-state index contributed by atoms with van der Waals surface area (Å²) in [6.07, 6.45) is 7.86. The molecule has 0 unspecified atom stereocenters. The molecule has 3 heterocycles. The van der Waals surface area contributed by atoms with Crippen LogP contribution in [-0.4, -0.2) is 37.9 Å². The van der Waals surface area contributed by atoms with Crippen molar-refractivity contribution in [1.29, 1.82) is 0 Å². The van der Waals surface area contributed by atoms with Crippen LogP contribution in [0.5, 0.6) is 0 Å². The number of hydrogen-bond donors (Lipinski definition) is 1. The summed E-state index contributed by atoms with van der Waals surface area (Å²) in [5, 5.41) is 14.0. The van der Waals surface area contributed by atoms with Crippen molar-refractivity contribution in [3.63, 3.8) is 0 Å². The van der Waals surface area contributed by atoms with Crippen molar-refractivity contribution in [3.05, 3.63) is 72.7 Å². The highest BCUT2D eigenvalue weighted by atomic mass is 16.3. The summed E-state index contributed by atoms with van der Waals surface area (Å²) in [5.74, 6) is 0. The van der Waals surface area contributed by atoms with Gasteiger partial charge in [0.05, 0.1) is 41.8 Å². The molecule has 6 nitrogen and oxygen atoms in total. The van der Waals surface area contributed by atoms with Gasteiger partial charge in [-0.15, -0.1) is 0 Å². The molecule has 2 aromatic heterocycles. The van der Waals surface area contributed by atoms with Crippen molar-refractivity contribution in [2.45, 2.75) is 25.5 Å². The average Bonchev–Trinajstić information content (AvgIpc) is 3.29. The molecule has 0 amide bonds. The number of aliphatic hydroxyl groups excluding tert-OH is 1. The van der Waals surface area contributed by atoms with Crippen molar-refractivity contribution in [1.82, 2.24) is 19.7 Å². The van der Waals surface area contributed by atoms with Crippen LogP contribution in [0.15, 0.2) is 67.1 Å². The maximum atomic E-state index is 9.37. The molecule has 2 aromatic carbocycles. The highest BCUT2D eigenvalue weighted by molar-refractivity contribution is 5.76. The zero-order valence-electron chi connectivity index (χ0n) is 16.1. The summed E-state index contributed by atoms with van der Waals surface area (Å²) in [6, 6.07) is 16.4. The summed E-state index contributed by atoms with van der Waals surface area (Å²) in [5.41, 5.74) is 5.80. The molecule has 0 saturated carbocycles. The van der Waals surface area contributed by atoms with Gasteiger partial charge in [-0.05, 0) is 42.7 Å². The lowest BCUT2D eigenvalue weighted by Crippen LogP contribution is -2.34. The van der Waals surface area contributed by atoms with Gasteiger partial charge in [-0.3, -0.25) is 9.67 Å². The number of aromatic nitrogens is 4. The first-order valence-electron chi connectivity index (χ1n) is 10.0. The van der Waals surface area contributed by atoms with Gasteiger partial charge in [-0.1, -0.05) is 24.3 Å². The number of rotatable bonds is 4. The second-order valence-electron chi connectivity index (χ2n) is 7.50. The van der Waals surface area contributed by atoms with Crippen molar-refractivity contribution < 1.29 is 5.11 Å². The van der Waals surface area contributed by atoms with Gasteiger partial charge in [0.1, 0.15) is 0 Å². The van der Waals surface area contributed by atoms with Gasteiger partial charge in [0.25, 0.3) is 0 Å². The van der Waals surface area contributed by atoms with Crippen molar-refractivity contribution in [2.24, 2.45) is 0 Å². The van der Waals surface area contributed by atoms with E-state index in [1.807, 2.05) is 48.8 Å². The lowest BCUT2D eigenvalue weighted by Gasteiger charge is -2.33. The SMILES string of the molecule is OCc1cccc(N2CCC(n3cc(-c4cnc5ccccc5n4)cn3)CC2)c1. The van der Waals surface area contributed by atoms with Gasteiger partial charge >= 0.3 is 0 Å². The first kappa shape index (κ1) is 17.8. The van der Waals surface area contributed by atoms with Crippen LogP contribution in [0.2, 0.25) is 0 Å². The number of nitrogens with zero attached hydrogens (tertiary/aromatic N) is 5. The molecule has 0 radical (unpaired) electrons. The third kappa shape index (κ3) is 3.59. The van der Waals surface area contributed by atoms with E-state index in [1.165, 1.54) is 5.69 Å². The standard InChI is InChI=1S/C23H23N5O/c29-16-17-4-3-5-20(12-17)27-10-8-19(9-11-27)28-15-18(13-25-28)23-14-24-21-6-1-2-7-22(21)26-23/h1-7,12-15,19,29H,8-11,16H2. The second kappa shape index (κ2) is 7.64. The van der Waals surface area contributed by atoms with Gasteiger partial charge in [0.2, 0.25) is 0 Å². The smallest absolute Gasteiger partial charge is 0.0924 e. The van der Waals surface area contributed by atoms with Gasteiger partial charge < -0.3 is 10.0 Å². The number of fused-ring (bicyclic) bond motifs is 1. The Labute approximate surface area is 169 Å². The van der Waals surface area contributed by atoms with E-state index in [0.717, 1.165) is 53.8 Å². The quantitative estimate of drug-likeness (QED) is 0.578. The van der Waals surface area contributed by atoms with E-state index in [2.05, 4.69) is 38.0 Å². The van der Waals surface area contributed by atoms with E-state index >= 15 is 0 Å². The Kier molecular flexibility index (Phi) is 4.69. The Hall–Kier alpha value is -3.25. The molecule has 1 N–H and O–H groups in total. The molecule has 1 saturated heterocycles. The molecule has 0 aliphatic carbocycles. The number of piperidine rings is 1. The van der Waals surface area contributed by atoms with Crippen molar-refractivity contribution >= 4 is 16.7 Å². The highest BCUT2D eigenvalue weighted by Crippen LogP contribution is 2.28. The van der Waals surface area contributed by atoms with Crippen LogP contribution in [0.3, 0.4) is 0 Å². The molecule has 0 bridgehead atoms. The largest absolute Gasteiger partial charge is 0.392 e. The van der Waals surface area contributed by atoms with Crippen LogP contribution in [0.1, 0.15) is 24.4 Å². The Morgan fingerprint density at radius 1 is 0.966 bits per heavy atom. The van der Waals surface area contributed by atoms with E-state index in [9.17, 15) is 5.11 Å². The third-order valence-electron chi connectivity index (χ3n) is 5.64. The number of benzene rings is 2. The van der Waals surface area contributed by atoms with Gasteiger partial charge in [-0.25, -0.2) is 4.98 Å². The van der Waals surface area contributed by atoms with Crippen LogP contribution in [0, 0.1) is 0 Å². The molecule has 0 atom stereocenters. The molecule has 5 rings (SSSR count). The van der Waals surface area contributed by atoms with E-state index in [-0.39, 0.29) is 6.61 Å². The molecular formula is C23H23N5O. The van der Waals surface area contributed by atoms with E-state index < -0.39 is 0 Å². The summed E-state index contributed by atoms with van der Waals surface area (Å²) >= 11 is 0. The highest BCUT2D eigenvalue weighted by Gasteiger charge is 2.22. The fourth-order valence-corrected chi connectivity index (χ4v) is 4.01. The van der Waals surface area contributed by atoms with Crippen molar-refractivity contribution in [2.75, 3.05) is 18.0 Å². The Morgan fingerprint density at radius 3 is 2.62 bits per heavy atom. The molecule has 0 spiro atoms. The zero-order valence-corrected chi connectivity index (χ0v) is 16.1.